The van der Waals surface area contributed by atoms with Gasteiger partial charge in [-0.25, -0.2) is 4.79 Å². The van der Waals surface area contributed by atoms with Crippen molar-refractivity contribution in [2.24, 2.45) is 0 Å². The quantitative estimate of drug-likeness (QED) is 0.796. The molecule has 1 atom stereocenters. The monoisotopic (exact) mass is 291 g/mol. The number of hydrogen-bond acceptors (Lipinski definition) is 3. The number of carbonyl (C=O) groups is 2. The van der Waals surface area contributed by atoms with Gasteiger partial charge in [-0.2, -0.15) is 0 Å². The number of nitrogens with one attached hydrogen (secondary N) is 3. The summed E-state index contributed by atoms with van der Waals surface area (Å²) in [5.74, 6) is -0.146. The Bertz CT molecular complexity index is 525. The molecule has 1 saturated heterocycles. The third-order valence-electron chi connectivity index (χ3n) is 3.32. The Hall–Kier alpha value is -2.08. The van der Waals surface area contributed by atoms with Crippen molar-refractivity contribution in [2.75, 3.05) is 23.8 Å². The smallest absolute Gasteiger partial charge is 0.319 e. The largest absolute Gasteiger partial charge is 0.376 e. The van der Waals surface area contributed by atoms with E-state index in [9.17, 15) is 9.59 Å². The standard InChI is InChI=1S/C15H21N3O3/c1-10-5-6-12(17-11(2)19)8-14(10)18-15(20)16-9-13-4-3-7-21-13/h5-6,8,13H,3-4,7,9H2,1-2H3,(H,17,19)(H2,16,18,20). The van der Waals surface area contributed by atoms with Crippen molar-refractivity contribution in [2.45, 2.75) is 32.8 Å². The number of amides is 3. The van der Waals surface area contributed by atoms with E-state index in [2.05, 4.69) is 16.0 Å². The van der Waals surface area contributed by atoms with Gasteiger partial charge in [-0.15, -0.1) is 0 Å². The van der Waals surface area contributed by atoms with Gasteiger partial charge in [0.15, 0.2) is 0 Å². The molecule has 1 aromatic carbocycles. The van der Waals surface area contributed by atoms with Crippen molar-refractivity contribution in [3.05, 3.63) is 23.8 Å². The first-order valence-electron chi connectivity index (χ1n) is 7.09. The molecule has 3 amide bonds. The maximum absolute atomic E-state index is 11.9. The minimum absolute atomic E-state index is 0.113. The fourth-order valence-corrected chi connectivity index (χ4v) is 2.22. The molecule has 0 radical (unpaired) electrons. The Kier molecular flexibility index (Phi) is 5.16. The zero-order chi connectivity index (χ0) is 15.2. The Morgan fingerprint density at radius 2 is 2.14 bits per heavy atom. The second kappa shape index (κ2) is 7.08. The van der Waals surface area contributed by atoms with Crippen LogP contribution in [0.4, 0.5) is 16.2 Å². The summed E-state index contributed by atoms with van der Waals surface area (Å²) >= 11 is 0. The molecule has 2 rings (SSSR count). The van der Waals surface area contributed by atoms with Gasteiger partial charge in [-0.3, -0.25) is 4.79 Å². The molecule has 21 heavy (non-hydrogen) atoms. The zero-order valence-electron chi connectivity index (χ0n) is 12.4. The maximum Gasteiger partial charge on any atom is 0.319 e. The summed E-state index contributed by atoms with van der Waals surface area (Å²) in [6.07, 6.45) is 2.14. The van der Waals surface area contributed by atoms with E-state index in [1.165, 1.54) is 6.92 Å². The van der Waals surface area contributed by atoms with E-state index in [1.807, 2.05) is 13.0 Å². The number of urea groups is 1. The van der Waals surface area contributed by atoms with Crippen LogP contribution in [0, 0.1) is 6.92 Å². The Morgan fingerprint density at radius 1 is 1.33 bits per heavy atom. The number of ether oxygens (including phenoxy) is 1. The average molecular weight is 291 g/mol. The Labute approximate surface area is 124 Å². The predicted molar refractivity (Wildman–Crippen MR) is 81.5 cm³/mol. The molecule has 0 saturated carbocycles. The second-order valence-corrected chi connectivity index (χ2v) is 5.18. The molecule has 0 bridgehead atoms. The van der Waals surface area contributed by atoms with Crippen molar-refractivity contribution in [3.8, 4) is 0 Å². The summed E-state index contributed by atoms with van der Waals surface area (Å²) < 4.78 is 5.45. The van der Waals surface area contributed by atoms with E-state index in [1.54, 1.807) is 12.1 Å². The summed E-state index contributed by atoms with van der Waals surface area (Å²) in [5.41, 5.74) is 2.25. The third kappa shape index (κ3) is 4.75. The first-order chi connectivity index (χ1) is 10.0. The fourth-order valence-electron chi connectivity index (χ4n) is 2.22. The van der Waals surface area contributed by atoms with E-state index in [-0.39, 0.29) is 18.0 Å². The van der Waals surface area contributed by atoms with Crippen LogP contribution in [0.1, 0.15) is 25.3 Å². The third-order valence-corrected chi connectivity index (χ3v) is 3.32. The second-order valence-electron chi connectivity index (χ2n) is 5.18. The summed E-state index contributed by atoms with van der Waals surface area (Å²) in [6, 6.07) is 5.11. The number of carbonyl (C=O) groups excluding carboxylic acids is 2. The average Bonchev–Trinajstić information content (AvgIpc) is 2.93. The lowest BCUT2D eigenvalue weighted by Gasteiger charge is -2.14. The van der Waals surface area contributed by atoms with Gasteiger partial charge in [0.25, 0.3) is 0 Å². The van der Waals surface area contributed by atoms with E-state index in [0.29, 0.717) is 17.9 Å². The van der Waals surface area contributed by atoms with Gasteiger partial charge < -0.3 is 20.7 Å². The van der Waals surface area contributed by atoms with Crippen LogP contribution in [0.5, 0.6) is 0 Å². The lowest BCUT2D eigenvalue weighted by molar-refractivity contribution is -0.114. The first-order valence-corrected chi connectivity index (χ1v) is 7.09. The Morgan fingerprint density at radius 3 is 2.81 bits per heavy atom. The van der Waals surface area contributed by atoms with Crippen molar-refractivity contribution in [1.82, 2.24) is 5.32 Å². The molecule has 1 aromatic rings. The van der Waals surface area contributed by atoms with Crippen LogP contribution in [-0.4, -0.2) is 31.2 Å². The van der Waals surface area contributed by atoms with Crippen molar-refractivity contribution < 1.29 is 14.3 Å². The zero-order valence-corrected chi connectivity index (χ0v) is 12.4. The minimum atomic E-state index is -0.270. The molecule has 1 unspecified atom stereocenters. The highest BCUT2D eigenvalue weighted by molar-refractivity contribution is 5.93. The van der Waals surface area contributed by atoms with Gasteiger partial charge in [0.05, 0.1) is 6.10 Å². The summed E-state index contributed by atoms with van der Waals surface area (Å²) in [4.78, 5) is 22.9. The van der Waals surface area contributed by atoms with Crippen LogP contribution in [0.3, 0.4) is 0 Å². The fraction of sp³-hybridized carbons (Fsp3) is 0.467. The molecule has 6 heteroatoms. The van der Waals surface area contributed by atoms with Gasteiger partial charge in [0.1, 0.15) is 0 Å². The summed E-state index contributed by atoms with van der Waals surface area (Å²) in [7, 11) is 0. The number of rotatable bonds is 4. The molecule has 0 spiro atoms. The molecular weight excluding hydrogens is 270 g/mol. The van der Waals surface area contributed by atoms with Crippen LogP contribution in [0.2, 0.25) is 0 Å². The molecule has 0 aliphatic carbocycles. The topological polar surface area (TPSA) is 79.5 Å². The van der Waals surface area contributed by atoms with Gasteiger partial charge in [-0.1, -0.05) is 6.07 Å². The number of benzene rings is 1. The molecule has 1 fully saturated rings. The van der Waals surface area contributed by atoms with Crippen LogP contribution in [0.25, 0.3) is 0 Å². The number of aryl methyl sites for hydroxylation is 1. The van der Waals surface area contributed by atoms with Gasteiger partial charge in [0, 0.05) is 31.5 Å². The molecule has 0 aromatic heterocycles. The Balaban J connectivity index is 1.90. The van der Waals surface area contributed by atoms with Crippen molar-refractivity contribution >= 4 is 23.3 Å². The predicted octanol–water partition coefficient (Wildman–Crippen LogP) is 2.25. The molecule has 1 heterocycles. The van der Waals surface area contributed by atoms with Gasteiger partial charge in [0.2, 0.25) is 5.91 Å². The molecule has 114 valence electrons. The highest BCUT2D eigenvalue weighted by atomic mass is 16.5. The molecule has 6 nitrogen and oxygen atoms in total. The molecule has 1 aliphatic rings. The normalized spacial score (nSPS) is 17.3. The first kappa shape index (κ1) is 15.3. The van der Waals surface area contributed by atoms with Crippen molar-refractivity contribution in [3.63, 3.8) is 0 Å². The minimum Gasteiger partial charge on any atom is -0.376 e. The highest BCUT2D eigenvalue weighted by Gasteiger charge is 2.16. The number of hydrogen-bond donors (Lipinski definition) is 3. The van der Waals surface area contributed by atoms with E-state index in [4.69, 9.17) is 4.74 Å². The van der Waals surface area contributed by atoms with Crippen LogP contribution in [-0.2, 0) is 9.53 Å². The van der Waals surface area contributed by atoms with E-state index < -0.39 is 0 Å². The highest BCUT2D eigenvalue weighted by Crippen LogP contribution is 2.20. The number of anilines is 2. The lowest BCUT2D eigenvalue weighted by Crippen LogP contribution is -2.35. The SMILES string of the molecule is CC(=O)Nc1ccc(C)c(NC(=O)NCC2CCCO2)c1. The van der Waals surface area contributed by atoms with Crippen LogP contribution in [0.15, 0.2) is 18.2 Å². The van der Waals surface area contributed by atoms with Crippen molar-refractivity contribution in [1.29, 1.82) is 0 Å². The van der Waals surface area contributed by atoms with Gasteiger partial charge >= 0.3 is 6.03 Å². The summed E-state index contributed by atoms with van der Waals surface area (Å²) in [5, 5.41) is 8.28. The van der Waals surface area contributed by atoms with Crippen LogP contribution < -0.4 is 16.0 Å². The summed E-state index contributed by atoms with van der Waals surface area (Å²) in [6.45, 7) is 4.62. The lowest BCUT2D eigenvalue weighted by atomic mass is 10.2. The molecular formula is C15H21N3O3. The molecule has 3 N–H and O–H groups in total. The maximum atomic E-state index is 11.9. The van der Waals surface area contributed by atoms with E-state index >= 15 is 0 Å². The van der Waals surface area contributed by atoms with Gasteiger partial charge in [-0.05, 0) is 37.5 Å². The van der Waals surface area contributed by atoms with E-state index in [0.717, 1.165) is 25.0 Å². The molecule has 1 aliphatic heterocycles. The van der Waals surface area contributed by atoms with Crippen LogP contribution >= 0.6 is 0 Å².